The summed E-state index contributed by atoms with van der Waals surface area (Å²) in [5.41, 5.74) is 0. The summed E-state index contributed by atoms with van der Waals surface area (Å²) >= 11 is 0. The molecule has 0 spiro atoms. The molecule has 5 heteroatoms. The van der Waals surface area contributed by atoms with Gasteiger partial charge >= 0.3 is 0 Å². The highest BCUT2D eigenvalue weighted by Crippen LogP contribution is 2.39. The number of ether oxygens (including phenoxy) is 1. The van der Waals surface area contributed by atoms with Crippen molar-refractivity contribution < 1.29 is 9.13 Å². The second-order valence-corrected chi connectivity index (χ2v) is 4.29. The van der Waals surface area contributed by atoms with Crippen molar-refractivity contribution in [3.8, 4) is 5.88 Å². The number of fused-ring (bicyclic) bond motifs is 2. The smallest absolute Gasteiger partial charge is 0.250 e. The third-order valence-corrected chi connectivity index (χ3v) is 3.32. The van der Waals surface area contributed by atoms with Crippen LogP contribution in [0.5, 0.6) is 5.88 Å². The van der Waals surface area contributed by atoms with E-state index in [1.807, 2.05) is 0 Å². The number of piperidine rings is 2. The molecule has 2 bridgehead atoms. The normalized spacial score (nSPS) is 31.2. The van der Waals surface area contributed by atoms with E-state index in [0.29, 0.717) is 11.8 Å². The maximum atomic E-state index is 13.3. The van der Waals surface area contributed by atoms with E-state index in [9.17, 15) is 4.39 Å². The van der Waals surface area contributed by atoms with Crippen LogP contribution in [0.2, 0.25) is 0 Å². The lowest BCUT2D eigenvalue weighted by Crippen LogP contribution is -2.59. The number of rotatable bonds is 2. The quantitative estimate of drug-likeness (QED) is 0.859. The van der Waals surface area contributed by atoms with Crippen molar-refractivity contribution in [3.63, 3.8) is 0 Å². The highest BCUT2D eigenvalue weighted by atomic mass is 35.5. The first-order valence-electron chi connectivity index (χ1n) is 5.32. The largest absolute Gasteiger partial charge is 0.472 e. The zero-order valence-corrected chi connectivity index (χ0v) is 9.54. The predicted molar refractivity (Wildman–Crippen MR) is 60.3 cm³/mol. The molecule has 3 nitrogen and oxygen atoms in total. The van der Waals surface area contributed by atoms with Crippen molar-refractivity contribution in [2.45, 2.75) is 12.5 Å². The van der Waals surface area contributed by atoms with Gasteiger partial charge in [0.25, 0.3) is 5.88 Å². The van der Waals surface area contributed by atoms with Gasteiger partial charge in [0.05, 0.1) is 0 Å². The third kappa shape index (κ3) is 1.87. The average molecular weight is 245 g/mol. The molecule has 3 rings (SSSR count). The average Bonchev–Trinajstić information content (AvgIpc) is 2.29. The lowest BCUT2D eigenvalue weighted by Gasteiger charge is -2.48. The minimum Gasteiger partial charge on any atom is -0.472 e. The van der Waals surface area contributed by atoms with Crippen LogP contribution < -0.4 is 10.1 Å². The Morgan fingerprint density at radius 3 is 2.75 bits per heavy atom. The Balaban J connectivity index is 0.000000963. The Hall–Kier alpha value is -0.870. The number of aromatic nitrogens is 1. The minimum atomic E-state index is -0.365. The first kappa shape index (κ1) is 11.6. The fraction of sp³-hybridized carbons (Fsp3) is 0.545. The van der Waals surface area contributed by atoms with Gasteiger partial charge in [0.2, 0.25) is 0 Å². The molecular weight excluding hydrogens is 231 g/mol. The molecule has 1 aromatic heterocycles. The number of pyridine rings is 1. The Bertz CT molecular complexity index is 363. The van der Waals surface area contributed by atoms with Gasteiger partial charge in [0, 0.05) is 31.1 Å². The van der Waals surface area contributed by atoms with Crippen molar-refractivity contribution in [1.29, 1.82) is 0 Å². The van der Waals surface area contributed by atoms with Crippen LogP contribution in [0.25, 0.3) is 0 Å². The van der Waals surface area contributed by atoms with Gasteiger partial charge in [-0.15, -0.1) is 12.4 Å². The lowest BCUT2D eigenvalue weighted by atomic mass is 9.69. The molecule has 1 unspecified atom stereocenters. The highest BCUT2D eigenvalue weighted by Gasteiger charge is 2.45. The highest BCUT2D eigenvalue weighted by molar-refractivity contribution is 5.85. The van der Waals surface area contributed by atoms with Gasteiger partial charge in [0.15, 0.2) is 5.82 Å². The molecule has 1 N–H and O–H groups in total. The maximum absolute atomic E-state index is 13.3. The molecule has 1 aliphatic carbocycles. The fourth-order valence-corrected chi connectivity index (χ4v) is 2.48. The van der Waals surface area contributed by atoms with E-state index >= 15 is 0 Å². The topological polar surface area (TPSA) is 34.1 Å². The standard InChI is InChI=1S/C11H13FN2O.ClH/c12-9-2-1-3-14-11(9)15-10-7-4-8(10)6-13-5-7;/h1-3,7-8,10,13H,4-6H2;1H/t7-,8+,10?;. The molecule has 1 saturated carbocycles. The lowest BCUT2D eigenvalue weighted by molar-refractivity contribution is -0.0490. The van der Waals surface area contributed by atoms with E-state index in [0.717, 1.165) is 13.1 Å². The van der Waals surface area contributed by atoms with Gasteiger partial charge in [0.1, 0.15) is 6.10 Å². The van der Waals surface area contributed by atoms with Gasteiger partial charge < -0.3 is 10.1 Å². The third-order valence-electron chi connectivity index (χ3n) is 3.32. The second-order valence-electron chi connectivity index (χ2n) is 4.29. The molecule has 1 aromatic rings. The molecule has 1 aliphatic heterocycles. The zero-order valence-electron chi connectivity index (χ0n) is 8.73. The monoisotopic (exact) mass is 244 g/mol. The summed E-state index contributed by atoms with van der Waals surface area (Å²) in [4.78, 5) is 3.91. The van der Waals surface area contributed by atoms with Gasteiger partial charge in [-0.3, -0.25) is 0 Å². The van der Waals surface area contributed by atoms with Crippen molar-refractivity contribution >= 4 is 12.4 Å². The summed E-state index contributed by atoms with van der Waals surface area (Å²) in [6.45, 7) is 1.96. The first-order valence-corrected chi connectivity index (χ1v) is 5.32. The molecule has 2 fully saturated rings. The van der Waals surface area contributed by atoms with E-state index in [1.54, 1.807) is 12.3 Å². The number of nitrogens with zero attached hydrogens (tertiary/aromatic N) is 1. The predicted octanol–water partition coefficient (Wildman–Crippen LogP) is 1.63. The van der Waals surface area contributed by atoms with E-state index in [1.165, 1.54) is 12.5 Å². The molecule has 0 amide bonds. The fourth-order valence-electron chi connectivity index (χ4n) is 2.48. The molecule has 2 heterocycles. The van der Waals surface area contributed by atoms with E-state index in [2.05, 4.69) is 10.3 Å². The van der Waals surface area contributed by atoms with Crippen LogP contribution in [-0.4, -0.2) is 24.2 Å². The number of halogens is 2. The Morgan fingerprint density at radius 1 is 1.38 bits per heavy atom. The van der Waals surface area contributed by atoms with Gasteiger partial charge in [-0.2, -0.15) is 0 Å². The molecular formula is C11H14ClFN2O. The van der Waals surface area contributed by atoms with Crippen LogP contribution in [0.1, 0.15) is 6.42 Å². The van der Waals surface area contributed by atoms with Crippen molar-refractivity contribution in [2.24, 2.45) is 11.8 Å². The molecule has 88 valence electrons. The van der Waals surface area contributed by atoms with Crippen LogP contribution in [0.15, 0.2) is 18.3 Å². The van der Waals surface area contributed by atoms with Crippen LogP contribution in [0.4, 0.5) is 4.39 Å². The summed E-state index contributed by atoms with van der Waals surface area (Å²) in [6, 6.07) is 2.96. The van der Waals surface area contributed by atoms with Crippen LogP contribution >= 0.6 is 12.4 Å². The summed E-state index contributed by atoms with van der Waals surface area (Å²) in [7, 11) is 0. The second kappa shape index (κ2) is 4.55. The Kier molecular flexibility index (Phi) is 3.30. The Labute approximate surface area is 99.8 Å². The van der Waals surface area contributed by atoms with Crippen LogP contribution in [0, 0.1) is 17.7 Å². The minimum absolute atomic E-state index is 0. The van der Waals surface area contributed by atoms with Crippen molar-refractivity contribution in [2.75, 3.05) is 13.1 Å². The van der Waals surface area contributed by atoms with Crippen LogP contribution in [0.3, 0.4) is 0 Å². The van der Waals surface area contributed by atoms with Crippen LogP contribution in [-0.2, 0) is 0 Å². The van der Waals surface area contributed by atoms with Crippen molar-refractivity contribution in [3.05, 3.63) is 24.1 Å². The molecule has 1 saturated heterocycles. The summed E-state index contributed by atoms with van der Waals surface area (Å²) in [5.74, 6) is 0.852. The molecule has 0 radical (unpaired) electrons. The molecule has 16 heavy (non-hydrogen) atoms. The molecule has 2 aliphatic rings. The summed E-state index contributed by atoms with van der Waals surface area (Å²) in [6.07, 6.45) is 2.92. The Morgan fingerprint density at radius 2 is 2.12 bits per heavy atom. The summed E-state index contributed by atoms with van der Waals surface area (Å²) in [5, 5.41) is 3.32. The van der Waals surface area contributed by atoms with Gasteiger partial charge in [-0.25, -0.2) is 9.37 Å². The van der Waals surface area contributed by atoms with E-state index in [4.69, 9.17) is 4.74 Å². The number of hydrogen-bond donors (Lipinski definition) is 1. The van der Waals surface area contributed by atoms with Gasteiger partial charge in [-0.1, -0.05) is 0 Å². The zero-order chi connectivity index (χ0) is 10.3. The van der Waals surface area contributed by atoms with E-state index < -0.39 is 0 Å². The van der Waals surface area contributed by atoms with E-state index in [-0.39, 0.29) is 30.2 Å². The SMILES string of the molecule is Cl.Fc1cccnc1OC1[C@@H]2CNC[C@H]1C2. The molecule has 0 aromatic carbocycles. The van der Waals surface area contributed by atoms with Crippen molar-refractivity contribution in [1.82, 2.24) is 10.3 Å². The van der Waals surface area contributed by atoms with Gasteiger partial charge in [-0.05, 0) is 18.6 Å². The molecule has 3 atom stereocenters. The number of hydrogen-bond acceptors (Lipinski definition) is 3. The summed E-state index contributed by atoms with van der Waals surface area (Å²) < 4.78 is 18.9. The number of nitrogens with one attached hydrogen (secondary N) is 1. The maximum Gasteiger partial charge on any atom is 0.250 e. The first-order chi connectivity index (χ1) is 7.34.